The number of thiophene rings is 1. The third-order valence-corrected chi connectivity index (χ3v) is 3.96. The number of piperazine rings is 1. The van der Waals surface area contributed by atoms with Crippen molar-refractivity contribution in [1.29, 1.82) is 0 Å². The average molecular weight is 260 g/mol. The van der Waals surface area contributed by atoms with Gasteiger partial charge in [-0.25, -0.2) is 0 Å². The van der Waals surface area contributed by atoms with E-state index in [1.807, 2.05) is 29.6 Å². The molecule has 1 fully saturated rings. The van der Waals surface area contributed by atoms with Gasteiger partial charge in [-0.05, 0) is 42.0 Å². The van der Waals surface area contributed by atoms with Gasteiger partial charge >= 0.3 is 0 Å². The Morgan fingerprint density at radius 1 is 1.33 bits per heavy atom. The van der Waals surface area contributed by atoms with Crippen molar-refractivity contribution >= 4 is 38.9 Å². The van der Waals surface area contributed by atoms with Gasteiger partial charge in [-0.3, -0.25) is 9.59 Å². The Hall–Kier alpha value is -1.88. The van der Waals surface area contributed by atoms with Gasteiger partial charge in [0.25, 0.3) is 0 Å². The molecule has 1 atom stereocenters. The van der Waals surface area contributed by atoms with Crippen molar-refractivity contribution < 1.29 is 9.59 Å². The van der Waals surface area contributed by atoms with Gasteiger partial charge in [-0.1, -0.05) is 0 Å². The molecule has 5 heteroatoms. The van der Waals surface area contributed by atoms with Gasteiger partial charge in [0.15, 0.2) is 0 Å². The van der Waals surface area contributed by atoms with E-state index < -0.39 is 6.04 Å². The smallest absolute Gasteiger partial charge is 0.249 e. The Morgan fingerprint density at radius 3 is 3.00 bits per heavy atom. The van der Waals surface area contributed by atoms with Crippen molar-refractivity contribution in [3.8, 4) is 0 Å². The van der Waals surface area contributed by atoms with Crippen LogP contribution in [-0.2, 0) is 9.59 Å². The minimum Gasteiger partial charge on any atom is -0.343 e. The van der Waals surface area contributed by atoms with Crippen molar-refractivity contribution in [2.24, 2.45) is 0 Å². The van der Waals surface area contributed by atoms with Gasteiger partial charge < -0.3 is 10.2 Å². The van der Waals surface area contributed by atoms with Crippen LogP contribution >= 0.6 is 11.3 Å². The van der Waals surface area contributed by atoms with E-state index >= 15 is 0 Å². The molecule has 2 heterocycles. The summed E-state index contributed by atoms with van der Waals surface area (Å²) >= 11 is 1.66. The first-order valence-electron chi connectivity index (χ1n) is 5.73. The number of carbonyl (C=O) groups excluding carboxylic acids is 2. The van der Waals surface area contributed by atoms with E-state index in [0.717, 1.165) is 11.1 Å². The third kappa shape index (κ3) is 1.76. The lowest BCUT2D eigenvalue weighted by Gasteiger charge is -2.30. The second kappa shape index (κ2) is 4.10. The van der Waals surface area contributed by atoms with E-state index in [1.54, 1.807) is 23.2 Å². The Bertz CT molecular complexity index is 635. The Balaban J connectivity index is 2.01. The van der Waals surface area contributed by atoms with E-state index in [4.69, 9.17) is 0 Å². The molecule has 2 aromatic rings. The molecule has 18 heavy (non-hydrogen) atoms. The molecule has 0 saturated carbocycles. The molecular formula is C13H12N2O2S. The fraction of sp³-hybridized carbons (Fsp3) is 0.231. The number of nitrogens with zero attached hydrogens (tertiary/aromatic N) is 1. The molecule has 1 saturated heterocycles. The zero-order chi connectivity index (χ0) is 12.7. The zero-order valence-corrected chi connectivity index (χ0v) is 10.7. The summed E-state index contributed by atoms with van der Waals surface area (Å²) in [4.78, 5) is 25.1. The molecular weight excluding hydrogens is 248 g/mol. The number of carbonyl (C=O) groups is 2. The van der Waals surface area contributed by atoms with E-state index in [1.165, 1.54) is 4.70 Å². The first-order valence-corrected chi connectivity index (χ1v) is 6.61. The van der Waals surface area contributed by atoms with Crippen LogP contribution in [0.4, 0.5) is 5.69 Å². The molecule has 1 aliphatic rings. The van der Waals surface area contributed by atoms with E-state index in [0.29, 0.717) is 0 Å². The zero-order valence-electron chi connectivity index (χ0n) is 9.84. The fourth-order valence-electron chi connectivity index (χ4n) is 2.14. The maximum absolute atomic E-state index is 12.1. The van der Waals surface area contributed by atoms with E-state index in [9.17, 15) is 9.59 Å². The van der Waals surface area contributed by atoms with Crippen molar-refractivity contribution in [2.45, 2.75) is 13.0 Å². The summed E-state index contributed by atoms with van der Waals surface area (Å²) in [5.41, 5.74) is 0.785. The van der Waals surface area contributed by atoms with Crippen LogP contribution in [0, 0.1) is 0 Å². The van der Waals surface area contributed by atoms with Crippen molar-refractivity contribution in [2.75, 3.05) is 11.4 Å². The van der Waals surface area contributed by atoms with Gasteiger partial charge in [0.1, 0.15) is 12.6 Å². The highest BCUT2D eigenvalue weighted by molar-refractivity contribution is 7.17. The highest BCUT2D eigenvalue weighted by Gasteiger charge is 2.30. The number of hydrogen-bond acceptors (Lipinski definition) is 3. The van der Waals surface area contributed by atoms with Gasteiger partial charge in [0.2, 0.25) is 11.8 Å². The number of nitrogens with one attached hydrogen (secondary N) is 1. The van der Waals surface area contributed by atoms with Crippen molar-refractivity contribution in [3.63, 3.8) is 0 Å². The molecule has 2 amide bonds. The third-order valence-electron chi connectivity index (χ3n) is 3.06. The van der Waals surface area contributed by atoms with Gasteiger partial charge in [-0.15, -0.1) is 11.3 Å². The summed E-state index contributed by atoms with van der Waals surface area (Å²) in [6.07, 6.45) is 0. The highest BCUT2D eigenvalue weighted by atomic mass is 32.1. The highest BCUT2D eigenvalue weighted by Crippen LogP contribution is 2.27. The van der Waals surface area contributed by atoms with E-state index in [-0.39, 0.29) is 18.4 Å². The quantitative estimate of drug-likeness (QED) is 0.849. The predicted octanol–water partition coefficient (Wildman–Crippen LogP) is 1.75. The number of benzene rings is 1. The summed E-state index contributed by atoms with van der Waals surface area (Å²) in [5, 5.41) is 5.75. The van der Waals surface area contributed by atoms with Gasteiger partial charge in [0, 0.05) is 10.4 Å². The number of hydrogen-bond donors (Lipinski definition) is 1. The van der Waals surface area contributed by atoms with Crippen LogP contribution in [0.5, 0.6) is 0 Å². The molecule has 4 nitrogen and oxygen atoms in total. The average Bonchev–Trinajstić information content (AvgIpc) is 2.80. The molecule has 0 spiro atoms. The van der Waals surface area contributed by atoms with Crippen LogP contribution in [0.3, 0.4) is 0 Å². The maximum atomic E-state index is 12.1. The second-order valence-electron chi connectivity index (χ2n) is 4.36. The topological polar surface area (TPSA) is 49.4 Å². The van der Waals surface area contributed by atoms with Crippen LogP contribution in [0.25, 0.3) is 10.1 Å². The summed E-state index contributed by atoms with van der Waals surface area (Å²) in [6, 6.07) is 7.39. The van der Waals surface area contributed by atoms with Crippen molar-refractivity contribution in [1.82, 2.24) is 5.32 Å². The molecule has 1 N–H and O–H groups in total. The SMILES string of the molecule is CC1NC(=O)CN(c2ccc3sccc3c2)C1=O. The van der Waals surface area contributed by atoms with Crippen molar-refractivity contribution in [3.05, 3.63) is 29.6 Å². The first-order chi connectivity index (χ1) is 8.65. The molecule has 3 rings (SSSR count). The van der Waals surface area contributed by atoms with Gasteiger partial charge in [-0.2, -0.15) is 0 Å². The molecule has 1 aromatic carbocycles. The van der Waals surface area contributed by atoms with Crippen LogP contribution < -0.4 is 10.2 Å². The molecule has 92 valence electrons. The minimum absolute atomic E-state index is 0.0656. The number of amides is 2. The summed E-state index contributed by atoms with van der Waals surface area (Å²) in [6.45, 7) is 1.80. The number of anilines is 1. The van der Waals surface area contributed by atoms with E-state index in [2.05, 4.69) is 5.32 Å². The number of rotatable bonds is 1. The lowest BCUT2D eigenvalue weighted by molar-refractivity contribution is -0.130. The Labute approximate surface area is 108 Å². The summed E-state index contributed by atoms with van der Waals surface area (Å²) in [7, 11) is 0. The molecule has 1 aliphatic heterocycles. The lowest BCUT2D eigenvalue weighted by Crippen LogP contribution is -2.57. The monoisotopic (exact) mass is 260 g/mol. The van der Waals surface area contributed by atoms with Crippen LogP contribution in [0.15, 0.2) is 29.6 Å². The normalized spacial score (nSPS) is 20.3. The summed E-state index contributed by atoms with van der Waals surface area (Å²) < 4.78 is 1.18. The molecule has 0 aliphatic carbocycles. The van der Waals surface area contributed by atoms with Crippen LogP contribution in [-0.4, -0.2) is 24.4 Å². The molecule has 1 unspecified atom stereocenters. The largest absolute Gasteiger partial charge is 0.343 e. The second-order valence-corrected chi connectivity index (χ2v) is 5.30. The minimum atomic E-state index is -0.454. The molecule has 1 aromatic heterocycles. The predicted molar refractivity (Wildman–Crippen MR) is 71.8 cm³/mol. The van der Waals surface area contributed by atoms with Gasteiger partial charge in [0.05, 0.1) is 0 Å². The first kappa shape index (κ1) is 11.2. The van der Waals surface area contributed by atoms with Crippen LogP contribution in [0.1, 0.15) is 6.92 Å². The maximum Gasteiger partial charge on any atom is 0.249 e. The lowest BCUT2D eigenvalue weighted by atomic mass is 10.1. The fourth-order valence-corrected chi connectivity index (χ4v) is 2.92. The Morgan fingerprint density at radius 2 is 2.17 bits per heavy atom. The Kier molecular flexibility index (Phi) is 2.56. The molecule has 0 bridgehead atoms. The standard InChI is InChI=1S/C13H12N2O2S/c1-8-13(17)15(7-12(16)14-8)10-2-3-11-9(6-10)4-5-18-11/h2-6,8H,7H2,1H3,(H,14,16). The molecule has 0 radical (unpaired) electrons. The summed E-state index contributed by atoms with van der Waals surface area (Å²) in [5.74, 6) is -0.184. The van der Waals surface area contributed by atoms with Crippen LogP contribution in [0.2, 0.25) is 0 Å². The number of fused-ring (bicyclic) bond motifs is 1.